The third kappa shape index (κ3) is 3.80. The summed E-state index contributed by atoms with van der Waals surface area (Å²) in [6.45, 7) is 6.59. The molecule has 0 amide bonds. The number of aliphatic hydroxyl groups is 1. The van der Waals surface area contributed by atoms with E-state index >= 15 is 0 Å². The van der Waals surface area contributed by atoms with Crippen LogP contribution in [0.15, 0.2) is 46.6 Å². The molecule has 0 unspecified atom stereocenters. The Kier molecular flexibility index (Phi) is 5.84. The van der Waals surface area contributed by atoms with Crippen LogP contribution < -0.4 is 0 Å². The molecular weight excluding hydrogens is 364 g/mol. The van der Waals surface area contributed by atoms with Gasteiger partial charge in [0.15, 0.2) is 0 Å². The lowest BCUT2D eigenvalue weighted by atomic mass is 9.72. The van der Waals surface area contributed by atoms with Gasteiger partial charge in [0, 0.05) is 24.5 Å². The van der Waals surface area contributed by atoms with Crippen molar-refractivity contribution in [3.63, 3.8) is 0 Å². The Morgan fingerprint density at radius 2 is 2.14 bits per heavy atom. The Bertz CT molecular complexity index is 815. The van der Waals surface area contributed by atoms with Gasteiger partial charge in [-0.3, -0.25) is 4.79 Å². The molecule has 28 heavy (non-hydrogen) atoms. The van der Waals surface area contributed by atoms with Crippen LogP contribution in [-0.2, 0) is 28.6 Å². The molecule has 150 valence electrons. The molecule has 2 fully saturated rings. The summed E-state index contributed by atoms with van der Waals surface area (Å²) in [6, 6.07) is 0. The van der Waals surface area contributed by atoms with Crippen molar-refractivity contribution < 1.29 is 33.7 Å². The number of rotatable bonds is 5. The van der Waals surface area contributed by atoms with E-state index in [2.05, 4.69) is 6.58 Å². The summed E-state index contributed by atoms with van der Waals surface area (Å²) in [5.41, 5.74) is 3.23. The minimum atomic E-state index is -0.596. The molecule has 7 nitrogen and oxygen atoms in total. The van der Waals surface area contributed by atoms with Crippen molar-refractivity contribution in [3.8, 4) is 0 Å². The number of aliphatic hydroxyl groups excluding tert-OH is 1. The Hall–Kier alpha value is -2.67. The molecule has 1 saturated carbocycles. The third-order valence-corrected chi connectivity index (χ3v) is 5.34. The average Bonchev–Trinajstić information content (AvgIpc) is 2.95. The summed E-state index contributed by atoms with van der Waals surface area (Å²) in [7, 11) is 0. The van der Waals surface area contributed by atoms with Crippen molar-refractivity contribution >= 4 is 17.9 Å². The smallest absolute Gasteiger partial charge is 0.334 e. The number of hydrogen-bond acceptors (Lipinski definition) is 7. The zero-order valence-corrected chi connectivity index (χ0v) is 16.0. The quantitative estimate of drug-likeness (QED) is 0.436. The summed E-state index contributed by atoms with van der Waals surface area (Å²) in [4.78, 5) is 35.5. The highest BCUT2D eigenvalue weighted by Gasteiger charge is 2.51. The van der Waals surface area contributed by atoms with Gasteiger partial charge in [0.05, 0.1) is 12.5 Å². The number of esters is 3. The van der Waals surface area contributed by atoms with Gasteiger partial charge >= 0.3 is 17.9 Å². The van der Waals surface area contributed by atoms with Gasteiger partial charge in [0.1, 0.15) is 18.8 Å². The number of allylic oxidation sites excluding steroid dienone is 1. The molecular formula is C21H24O7. The maximum absolute atomic E-state index is 12.5. The van der Waals surface area contributed by atoms with E-state index in [1.165, 1.54) is 13.0 Å². The normalized spacial score (nSPS) is 26.9. The second kappa shape index (κ2) is 8.14. The first-order valence-corrected chi connectivity index (χ1v) is 9.26. The van der Waals surface area contributed by atoms with Crippen LogP contribution in [0.5, 0.6) is 0 Å². The van der Waals surface area contributed by atoms with Crippen molar-refractivity contribution in [1.82, 2.24) is 0 Å². The average molecular weight is 388 g/mol. The minimum Gasteiger partial charge on any atom is -0.462 e. The molecule has 1 heterocycles. The second-order valence-corrected chi connectivity index (χ2v) is 7.16. The zero-order valence-electron chi connectivity index (χ0n) is 16.0. The first kappa shape index (κ1) is 20.1. The van der Waals surface area contributed by atoms with Gasteiger partial charge in [0.2, 0.25) is 0 Å². The summed E-state index contributed by atoms with van der Waals surface area (Å²) in [5.74, 6) is -1.97. The molecule has 0 bridgehead atoms. The van der Waals surface area contributed by atoms with E-state index in [1.54, 1.807) is 6.92 Å². The van der Waals surface area contributed by atoms with Crippen LogP contribution in [0.2, 0.25) is 0 Å². The van der Waals surface area contributed by atoms with Crippen molar-refractivity contribution in [3.05, 3.63) is 46.6 Å². The SMILES string of the molecule is C=C1C(=O)O[C@@H]2C3=C(CO)CCC=C3C[C@H](OC(=O)/C(C)=C\COC(C)=O)[C@@H]12. The van der Waals surface area contributed by atoms with Crippen LogP contribution in [-0.4, -0.2) is 48.4 Å². The standard InChI is InChI=1S/C21H24O7/c1-11(7-8-26-13(3)23)20(24)27-16-9-14-5-4-6-15(10-22)18(14)19-17(16)12(2)21(25)28-19/h5,7,16-17,19,22H,2,4,6,8-10H2,1,3H3/b11-7-/t16-,17+,19-/m0/s1. The van der Waals surface area contributed by atoms with Crippen LogP contribution >= 0.6 is 0 Å². The Labute approximate surface area is 163 Å². The number of carbonyl (C=O) groups is 3. The van der Waals surface area contributed by atoms with Crippen LogP contribution in [0.4, 0.5) is 0 Å². The molecule has 1 saturated heterocycles. The molecule has 0 aromatic heterocycles. The van der Waals surface area contributed by atoms with Gasteiger partial charge in [-0.1, -0.05) is 12.7 Å². The number of ether oxygens (including phenoxy) is 3. The maximum atomic E-state index is 12.5. The highest BCUT2D eigenvalue weighted by atomic mass is 16.6. The first-order valence-electron chi connectivity index (χ1n) is 9.26. The molecule has 0 spiro atoms. The number of carbonyl (C=O) groups excluding carboxylic acids is 3. The lowest BCUT2D eigenvalue weighted by Crippen LogP contribution is -2.41. The summed E-state index contributed by atoms with van der Waals surface area (Å²) in [5, 5.41) is 9.71. The molecule has 0 radical (unpaired) electrons. The van der Waals surface area contributed by atoms with Gasteiger partial charge in [-0.2, -0.15) is 0 Å². The first-order chi connectivity index (χ1) is 13.3. The van der Waals surface area contributed by atoms with Gasteiger partial charge in [-0.05, 0) is 42.6 Å². The fourth-order valence-corrected chi connectivity index (χ4v) is 3.93. The lowest BCUT2D eigenvalue weighted by molar-refractivity contribution is -0.148. The van der Waals surface area contributed by atoms with E-state index in [4.69, 9.17) is 14.2 Å². The van der Waals surface area contributed by atoms with E-state index in [1.807, 2.05) is 6.08 Å². The molecule has 3 aliphatic rings. The monoisotopic (exact) mass is 388 g/mol. The Balaban J connectivity index is 1.82. The van der Waals surface area contributed by atoms with Crippen molar-refractivity contribution in [2.75, 3.05) is 13.2 Å². The molecule has 0 aromatic rings. The molecule has 1 N–H and O–H groups in total. The molecule has 3 rings (SSSR count). The van der Waals surface area contributed by atoms with E-state index in [0.717, 1.165) is 23.1 Å². The number of fused-ring (bicyclic) bond motifs is 3. The van der Waals surface area contributed by atoms with Crippen molar-refractivity contribution in [1.29, 1.82) is 0 Å². The van der Waals surface area contributed by atoms with Crippen LogP contribution in [0, 0.1) is 5.92 Å². The van der Waals surface area contributed by atoms with Crippen molar-refractivity contribution in [2.24, 2.45) is 5.92 Å². The summed E-state index contributed by atoms with van der Waals surface area (Å²) < 4.78 is 16.0. The fraction of sp³-hybridized carbons (Fsp3) is 0.476. The lowest BCUT2D eigenvalue weighted by Gasteiger charge is -2.38. The molecule has 1 aliphatic heterocycles. The second-order valence-electron chi connectivity index (χ2n) is 7.16. The van der Waals surface area contributed by atoms with Crippen LogP contribution in [0.25, 0.3) is 0 Å². The van der Waals surface area contributed by atoms with E-state index < -0.39 is 36.0 Å². The summed E-state index contributed by atoms with van der Waals surface area (Å²) in [6.07, 6.45) is 4.26. The van der Waals surface area contributed by atoms with Gasteiger partial charge < -0.3 is 19.3 Å². The largest absolute Gasteiger partial charge is 0.462 e. The highest BCUT2D eigenvalue weighted by molar-refractivity contribution is 5.92. The predicted molar refractivity (Wildman–Crippen MR) is 98.8 cm³/mol. The topological polar surface area (TPSA) is 99.1 Å². The molecule has 0 aromatic carbocycles. The van der Waals surface area contributed by atoms with E-state index in [0.29, 0.717) is 18.4 Å². The zero-order chi connectivity index (χ0) is 20.4. The van der Waals surface area contributed by atoms with Gasteiger partial charge in [0.25, 0.3) is 0 Å². The Morgan fingerprint density at radius 3 is 2.82 bits per heavy atom. The fourth-order valence-electron chi connectivity index (χ4n) is 3.93. The maximum Gasteiger partial charge on any atom is 0.334 e. The van der Waals surface area contributed by atoms with E-state index in [9.17, 15) is 19.5 Å². The third-order valence-electron chi connectivity index (χ3n) is 5.34. The van der Waals surface area contributed by atoms with Crippen molar-refractivity contribution in [2.45, 2.75) is 45.3 Å². The molecule has 7 heteroatoms. The van der Waals surface area contributed by atoms with Crippen LogP contribution in [0.3, 0.4) is 0 Å². The molecule has 3 atom stereocenters. The minimum absolute atomic E-state index is 0.0147. The van der Waals surface area contributed by atoms with Crippen LogP contribution in [0.1, 0.15) is 33.1 Å². The highest BCUT2D eigenvalue weighted by Crippen LogP contribution is 2.47. The summed E-state index contributed by atoms with van der Waals surface area (Å²) >= 11 is 0. The number of hydrogen-bond donors (Lipinski definition) is 1. The predicted octanol–water partition coefficient (Wildman–Crippen LogP) is 1.92. The van der Waals surface area contributed by atoms with Gasteiger partial charge in [-0.25, -0.2) is 9.59 Å². The molecule has 2 aliphatic carbocycles. The van der Waals surface area contributed by atoms with Gasteiger partial charge in [-0.15, -0.1) is 0 Å². The Morgan fingerprint density at radius 1 is 1.39 bits per heavy atom. The van der Waals surface area contributed by atoms with E-state index in [-0.39, 0.29) is 18.8 Å².